The number of aromatic nitrogens is 1. The summed E-state index contributed by atoms with van der Waals surface area (Å²) in [5.74, 6) is -0.0512. The van der Waals surface area contributed by atoms with E-state index in [4.69, 9.17) is 9.47 Å². The molecular formula is C22H22N2O4. The van der Waals surface area contributed by atoms with Gasteiger partial charge >= 0.3 is 0 Å². The lowest BCUT2D eigenvalue weighted by Gasteiger charge is -2.13. The predicted octanol–water partition coefficient (Wildman–Crippen LogP) is 4.02. The SMILES string of the molecule is CCOc1cc2c(cc1NC(=O)C(=O)c1c(C)[nH]c3ccccc13)OC(C)C2. The highest BCUT2D eigenvalue weighted by Gasteiger charge is 2.26. The third kappa shape index (κ3) is 3.11. The van der Waals surface area contributed by atoms with Gasteiger partial charge in [0.2, 0.25) is 0 Å². The third-order valence-electron chi connectivity index (χ3n) is 4.87. The van der Waals surface area contributed by atoms with Gasteiger partial charge in [0.15, 0.2) is 0 Å². The van der Waals surface area contributed by atoms with Crippen LogP contribution >= 0.6 is 0 Å². The van der Waals surface area contributed by atoms with E-state index in [0.29, 0.717) is 35.1 Å². The van der Waals surface area contributed by atoms with E-state index in [1.54, 1.807) is 13.0 Å². The maximum atomic E-state index is 12.9. The van der Waals surface area contributed by atoms with Crippen LogP contribution in [0.25, 0.3) is 10.9 Å². The zero-order chi connectivity index (χ0) is 19.8. The lowest BCUT2D eigenvalue weighted by Crippen LogP contribution is -2.23. The number of ketones is 1. The Morgan fingerprint density at radius 3 is 2.86 bits per heavy atom. The molecule has 0 saturated heterocycles. The van der Waals surface area contributed by atoms with Crippen LogP contribution in [0.5, 0.6) is 11.5 Å². The van der Waals surface area contributed by atoms with Crippen molar-refractivity contribution in [2.75, 3.05) is 11.9 Å². The fourth-order valence-electron chi connectivity index (χ4n) is 3.67. The van der Waals surface area contributed by atoms with Crippen LogP contribution in [0.15, 0.2) is 36.4 Å². The maximum Gasteiger partial charge on any atom is 0.296 e. The molecule has 2 N–H and O–H groups in total. The Morgan fingerprint density at radius 1 is 1.29 bits per heavy atom. The van der Waals surface area contributed by atoms with Crippen LogP contribution in [0.4, 0.5) is 5.69 Å². The fourth-order valence-corrected chi connectivity index (χ4v) is 3.67. The number of rotatable bonds is 5. The number of amides is 1. The first kappa shape index (κ1) is 18.1. The molecule has 1 aliphatic heterocycles. The van der Waals surface area contributed by atoms with Crippen LogP contribution in [0.2, 0.25) is 0 Å². The Morgan fingerprint density at radius 2 is 2.07 bits per heavy atom. The Hall–Kier alpha value is -3.28. The summed E-state index contributed by atoms with van der Waals surface area (Å²) in [6, 6.07) is 11.0. The Bertz CT molecular complexity index is 1080. The summed E-state index contributed by atoms with van der Waals surface area (Å²) in [5.41, 5.74) is 3.35. The second-order valence-electron chi connectivity index (χ2n) is 6.98. The molecule has 3 aromatic rings. The average Bonchev–Trinajstić information content (AvgIpc) is 3.19. The molecule has 0 aliphatic carbocycles. The number of carbonyl (C=O) groups excluding carboxylic acids is 2. The summed E-state index contributed by atoms with van der Waals surface area (Å²) in [4.78, 5) is 28.8. The van der Waals surface area contributed by atoms with Gasteiger partial charge in [-0.15, -0.1) is 0 Å². The number of hydrogen-bond acceptors (Lipinski definition) is 4. The first-order valence-electron chi connectivity index (χ1n) is 9.37. The van der Waals surface area contributed by atoms with Crippen LogP contribution in [-0.4, -0.2) is 29.4 Å². The summed E-state index contributed by atoms with van der Waals surface area (Å²) >= 11 is 0. The number of hydrogen-bond donors (Lipinski definition) is 2. The monoisotopic (exact) mass is 378 g/mol. The molecule has 144 valence electrons. The predicted molar refractivity (Wildman–Crippen MR) is 107 cm³/mol. The van der Waals surface area contributed by atoms with Crippen molar-refractivity contribution in [3.8, 4) is 11.5 Å². The molecule has 1 atom stereocenters. The quantitative estimate of drug-likeness (QED) is 0.519. The van der Waals surface area contributed by atoms with Crippen molar-refractivity contribution < 1.29 is 19.1 Å². The first-order valence-corrected chi connectivity index (χ1v) is 9.37. The zero-order valence-corrected chi connectivity index (χ0v) is 16.1. The summed E-state index contributed by atoms with van der Waals surface area (Å²) in [6.07, 6.45) is 0.864. The number of Topliss-reactive ketones (excluding diaryl/α,β-unsaturated/α-hetero) is 1. The van der Waals surface area contributed by atoms with E-state index in [0.717, 1.165) is 22.9 Å². The van der Waals surface area contributed by atoms with Gasteiger partial charge in [-0.25, -0.2) is 0 Å². The number of para-hydroxylation sites is 1. The molecule has 0 radical (unpaired) electrons. The number of ether oxygens (including phenoxy) is 2. The van der Waals surface area contributed by atoms with Gasteiger partial charge in [0.25, 0.3) is 11.7 Å². The van der Waals surface area contributed by atoms with Crippen LogP contribution in [0, 0.1) is 6.92 Å². The van der Waals surface area contributed by atoms with Crippen molar-refractivity contribution in [1.82, 2.24) is 4.98 Å². The van der Waals surface area contributed by atoms with Crippen molar-refractivity contribution in [3.05, 3.63) is 53.2 Å². The highest BCUT2D eigenvalue weighted by Crippen LogP contribution is 2.38. The third-order valence-corrected chi connectivity index (χ3v) is 4.87. The normalized spacial score (nSPS) is 15.2. The molecule has 6 nitrogen and oxygen atoms in total. The minimum absolute atomic E-state index is 0.0749. The number of nitrogens with one attached hydrogen (secondary N) is 2. The van der Waals surface area contributed by atoms with E-state index in [1.165, 1.54) is 0 Å². The molecule has 2 heterocycles. The van der Waals surface area contributed by atoms with Crippen molar-refractivity contribution in [1.29, 1.82) is 0 Å². The molecule has 2 aromatic carbocycles. The molecule has 1 amide bonds. The van der Waals surface area contributed by atoms with Gasteiger partial charge in [-0.3, -0.25) is 9.59 Å². The lowest BCUT2D eigenvalue weighted by molar-refractivity contribution is -0.112. The van der Waals surface area contributed by atoms with E-state index < -0.39 is 11.7 Å². The minimum Gasteiger partial charge on any atom is -0.492 e. The molecule has 6 heteroatoms. The lowest BCUT2D eigenvalue weighted by atomic mass is 10.1. The fraction of sp³-hybridized carbons (Fsp3) is 0.273. The highest BCUT2D eigenvalue weighted by molar-refractivity contribution is 6.48. The smallest absolute Gasteiger partial charge is 0.296 e. The molecule has 0 saturated carbocycles. The molecule has 0 fully saturated rings. The first-order chi connectivity index (χ1) is 13.5. The van der Waals surface area contributed by atoms with Gasteiger partial charge in [-0.05, 0) is 32.9 Å². The van der Waals surface area contributed by atoms with Crippen molar-refractivity contribution in [3.63, 3.8) is 0 Å². The molecule has 0 bridgehead atoms. The van der Waals surface area contributed by atoms with Gasteiger partial charge in [-0.2, -0.15) is 0 Å². The molecule has 4 rings (SSSR count). The van der Waals surface area contributed by atoms with Crippen LogP contribution in [0.1, 0.15) is 35.5 Å². The van der Waals surface area contributed by atoms with Gasteiger partial charge in [0, 0.05) is 34.6 Å². The second-order valence-corrected chi connectivity index (χ2v) is 6.98. The van der Waals surface area contributed by atoms with Crippen molar-refractivity contribution in [2.45, 2.75) is 33.3 Å². The van der Waals surface area contributed by atoms with Gasteiger partial charge in [0.1, 0.15) is 17.6 Å². The van der Waals surface area contributed by atoms with Gasteiger partial charge < -0.3 is 19.8 Å². The summed E-state index contributed by atoms with van der Waals surface area (Å²) < 4.78 is 11.4. The van der Waals surface area contributed by atoms with E-state index in [9.17, 15) is 9.59 Å². The summed E-state index contributed by atoms with van der Waals surface area (Å²) in [5, 5.41) is 3.45. The van der Waals surface area contributed by atoms with Crippen LogP contribution in [-0.2, 0) is 11.2 Å². The molecule has 1 aliphatic rings. The standard InChI is InChI=1S/C22H22N2O4/c1-4-27-19-10-14-9-12(2)28-18(14)11-17(19)24-22(26)21(25)20-13(3)23-16-8-6-5-7-15(16)20/h5-8,10-12,23H,4,9H2,1-3H3,(H,24,26). The van der Waals surface area contributed by atoms with E-state index >= 15 is 0 Å². The molecule has 1 aromatic heterocycles. The summed E-state index contributed by atoms with van der Waals surface area (Å²) in [6.45, 7) is 6.10. The van der Waals surface area contributed by atoms with Crippen LogP contribution < -0.4 is 14.8 Å². The molecule has 1 unspecified atom stereocenters. The number of benzene rings is 2. The summed E-state index contributed by atoms with van der Waals surface area (Å²) in [7, 11) is 0. The van der Waals surface area contributed by atoms with Crippen LogP contribution in [0.3, 0.4) is 0 Å². The van der Waals surface area contributed by atoms with E-state index in [2.05, 4.69) is 10.3 Å². The number of anilines is 1. The molecule has 28 heavy (non-hydrogen) atoms. The number of aryl methyl sites for hydroxylation is 1. The number of fused-ring (bicyclic) bond motifs is 2. The van der Waals surface area contributed by atoms with Gasteiger partial charge in [-0.1, -0.05) is 18.2 Å². The zero-order valence-electron chi connectivity index (χ0n) is 16.1. The van der Waals surface area contributed by atoms with E-state index in [-0.39, 0.29) is 6.10 Å². The Kier molecular flexibility index (Phi) is 4.55. The van der Waals surface area contributed by atoms with Gasteiger partial charge in [0.05, 0.1) is 17.9 Å². The number of H-pyrrole nitrogens is 1. The Labute approximate surface area is 162 Å². The van der Waals surface area contributed by atoms with Crippen molar-refractivity contribution in [2.24, 2.45) is 0 Å². The largest absolute Gasteiger partial charge is 0.492 e. The van der Waals surface area contributed by atoms with Crippen molar-refractivity contribution >= 4 is 28.3 Å². The van der Waals surface area contributed by atoms with E-state index in [1.807, 2.05) is 44.2 Å². The highest BCUT2D eigenvalue weighted by atomic mass is 16.5. The topological polar surface area (TPSA) is 80.4 Å². The minimum atomic E-state index is -0.709. The number of aromatic amines is 1. The second kappa shape index (κ2) is 7.03. The maximum absolute atomic E-state index is 12.9. The average molecular weight is 378 g/mol. The molecule has 0 spiro atoms. The Balaban J connectivity index is 1.65. The molecular weight excluding hydrogens is 356 g/mol. The number of carbonyl (C=O) groups is 2.